The number of benzene rings is 1. The second-order valence-electron chi connectivity index (χ2n) is 6.25. The summed E-state index contributed by atoms with van der Waals surface area (Å²) in [7, 11) is -3.20. The van der Waals surface area contributed by atoms with Gasteiger partial charge >= 0.3 is 0 Å². The first-order valence-corrected chi connectivity index (χ1v) is 9.51. The minimum Gasteiger partial charge on any atom is -0.348 e. The number of carbonyl (C=O) groups is 1. The Morgan fingerprint density at radius 2 is 1.73 bits per heavy atom. The Kier molecular flexibility index (Phi) is 4.92. The molecule has 0 bridgehead atoms. The summed E-state index contributed by atoms with van der Waals surface area (Å²) in [5.74, 6) is -0.119. The number of nitrogens with one attached hydrogen (secondary N) is 1. The summed E-state index contributed by atoms with van der Waals surface area (Å²) in [4.78, 5) is 12.7. The van der Waals surface area contributed by atoms with Crippen molar-refractivity contribution < 1.29 is 13.2 Å². The normalized spacial score (nSPS) is 19.4. The van der Waals surface area contributed by atoms with E-state index in [-0.39, 0.29) is 16.8 Å². The molecule has 1 aromatic carbocycles. The third kappa shape index (κ3) is 3.87. The molecule has 0 radical (unpaired) electrons. The van der Waals surface area contributed by atoms with E-state index in [4.69, 9.17) is 5.73 Å². The monoisotopic (exact) mass is 324 g/mol. The highest BCUT2D eigenvalue weighted by molar-refractivity contribution is 7.90. The number of amides is 1. The van der Waals surface area contributed by atoms with Gasteiger partial charge in [-0.2, -0.15) is 0 Å². The molecule has 1 aromatic rings. The highest BCUT2D eigenvalue weighted by Crippen LogP contribution is 2.27. The Hall–Kier alpha value is -1.40. The first kappa shape index (κ1) is 17.0. The van der Waals surface area contributed by atoms with Crippen molar-refractivity contribution in [3.05, 3.63) is 29.8 Å². The average molecular weight is 324 g/mol. The molecular formula is C16H24N2O3S. The van der Waals surface area contributed by atoms with E-state index in [0.29, 0.717) is 0 Å². The highest BCUT2D eigenvalue weighted by atomic mass is 32.2. The molecule has 6 heteroatoms. The zero-order chi connectivity index (χ0) is 16.4. The van der Waals surface area contributed by atoms with Crippen molar-refractivity contribution in [1.82, 2.24) is 5.32 Å². The van der Waals surface area contributed by atoms with Gasteiger partial charge in [0.2, 0.25) is 5.91 Å². The van der Waals surface area contributed by atoms with Crippen molar-refractivity contribution in [2.75, 3.05) is 6.26 Å². The van der Waals surface area contributed by atoms with E-state index in [1.165, 1.54) is 6.26 Å². The van der Waals surface area contributed by atoms with Gasteiger partial charge in [0.25, 0.3) is 0 Å². The number of sulfone groups is 1. The fourth-order valence-electron chi connectivity index (χ4n) is 2.84. The average Bonchev–Trinajstić information content (AvgIpc) is 2.47. The Morgan fingerprint density at radius 1 is 1.18 bits per heavy atom. The minimum atomic E-state index is -3.20. The zero-order valence-electron chi connectivity index (χ0n) is 13.1. The lowest BCUT2D eigenvalue weighted by Gasteiger charge is -2.33. The van der Waals surface area contributed by atoms with E-state index in [1.807, 2.05) is 6.92 Å². The Balaban J connectivity index is 2.05. The smallest absolute Gasteiger partial charge is 0.240 e. The van der Waals surface area contributed by atoms with Crippen molar-refractivity contribution in [2.24, 2.45) is 5.73 Å². The van der Waals surface area contributed by atoms with E-state index in [1.54, 1.807) is 24.3 Å². The lowest BCUT2D eigenvalue weighted by molar-refractivity contribution is -0.128. The van der Waals surface area contributed by atoms with Gasteiger partial charge in [0.15, 0.2) is 9.84 Å². The van der Waals surface area contributed by atoms with Gasteiger partial charge in [-0.15, -0.1) is 0 Å². The summed E-state index contributed by atoms with van der Waals surface area (Å²) < 4.78 is 22.9. The number of nitrogens with two attached hydrogens (primary N) is 1. The van der Waals surface area contributed by atoms with Gasteiger partial charge in [-0.05, 0) is 37.5 Å². The highest BCUT2D eigenvalue weighted by Gasteiger charge is 2.35. The maximum absolute atomic E-state index is 12.4. The van der Waals surface area contributed by atoms with E-state index in [9.17, 15) is 13.2 Å². The molecule has 0 aromatic heterocycles. The fraction of sp³-hybridized carbons (Fsp3) is 0.562. The lowest BCUT2D eigenvalue weighted by atomic mass is 9.81. The van der Waals surface area contributed by atoms with Crippen LogP contribution in [0.1, 0.15) is 50.6 Å². The molecule has 1 amide bonds. The Labute approximate surface area is 132 Å². The second-order valence-corrected chi connectivity index (χ2v) is 8.27. The topological polar surface area (TPSA) is 89.3 Å². The van der Waals surface area contributed by atoms with Crippen LogP contribution in [0.2, 0.25) is 0 Å². The number of rotatable bonds is 4. The summed E-state index contributed by atoms with van der Waals surface area (Å²) in [6, 6.07) is 6.37. The standard InChI is InChI=1S/C16H24N2O3S/c1-12(13-6-8-14(9-7-13)22(2,20)21)18-15(19)16(17)10-4-3-5-11-16/h6-9,12H,3-5,10-11,17H2,1-2H3,(H,18,19). The van der Waals surface area contributed by atoms with Gasteiger partial charge in [0.05, 0.1) is 16.5 Å². The summed E-state index contributed by atoms with van der Waals surface area (Å²) in [6.07, 6.45) is 5.73. The summed E-state index contributed by atoms with van der Waals surface area (Å²) in [6.45, 7) is 1.87. The zero-order valence-corrected chi connectivity index (χ0v) is 13.9. The molecule has 122 valence electrons. The van der Waals surface area contributed by atoms with Gasteiger partial charge < -0.3 is 11.1 Å². The van der Waals surface area contributed by atoms with Crippen LogP contribution in [-0.2, 0) is 14.6 Å². The number of hydrogen-bond acceptors (Lipinski definition) is 4. The van der Waals surface area contributed by atoms with Crippen molar-refractivity contribution in [3.8, 4) is 0 Å². The number of carbonyl (C=O) groups excluding carboxylic acids is 1. The molecule has 0 heterocycles. The molecule has 1 atom stereocenters. The molecule has 0 spiro atoms. The summed E-state index contributed by atoms with van der Waals surface area (Å²) in [5, 5.41) is 2.95. The first-order valence-electron chi connectivity index (χ1n) is 7.62. The number of hydrogen-bond donors (Lipinski definition) is 2. The van der Waals surface area contributed by atoms with Crippen molar-refractivity contribution in [1.29, 1.82) is 0 Å². The van der Waals surface area contributed by atoms with E-state index in [0.717, 1.165) is 37.7 Å². The second kappa shape index (κ2) is 6.38. The third-order valence-corrected chi connectivity index (χ3v) is 5.48. The van der Waals surface area contributed by atoms with Crippen LogP contribution in [0.15, 0.2) is 29.2 Å². The van der Waals surface area contributed by atoms with E-state index in [2.05, 4.69) is 5.32 Å². The molecule has 2 rings (SSSR count). The van der Waals surface area contributed by atoms with Gasteiger partial charge in [-0.1, -0.05) is 31.4 Å². The Morgan fingerprint density at radius 3 is 2.23 bits per heavy atom. The lowest BCUT2D eigenvalue weighted by Crippen LogP contribution is -2.55. The van der Waals surface area contributed by atoms with Crippen LogP contribution in [0.4, 0.5) is 0 Å². The largest absolute Gasteiger partial charge is 0.348 e. The van der Waals surface area contributed by atoms with Crippen LogP contribution in [0.5, 0.6) is 0 Å². The van der Waals surface area contributed by atoms with Crippen LogP contribution < -0.4 is 11.1 Å². The molecule has 5 nitrogen and oxygen atoms in total. The van der Waals surface area contributed by atoms with Crippen molar-refractivity contribution in [2.45, 2.75) is 55.5 Å². The van der Waals surface area contributed by atoms with E-state index < -0.39 is 15.4 Å². The molecule has 0 aliphatic heterocycles. The molecular weight excluding hydrogens is 300 g/mol. The third-order valence-electron chi connectivity index (χ3n) is 4.35. The van der Waals surface area contributed by atoms with Crippen LogP contribution in [0.25, 0.3) is 0 Å². The van der Waals surface area contributed by atoms with Gasteiger partial charge in [-0.3, -0.25) is 4.79 Å². The quantitative estimate of drug-likeness (QED) is 0.885. The molecule has 1 unspecified atom stereocenters. The molecule has 1 fully saturated rings. The molecule has 1 aliphatic rings. The van der Waals surface area contributed by atoms with Gasteiger partial charge in [-0.25, -0.2) is 8.42 Å². The summed E-state index contributed by atoms with van der Waals surface area (Å²) in [5.41, 5.74) is 6.32. The predicted octanol–water partition coefficient (Wildman–Crippen LogP) is 1.93. The van der Waals surface area contributed by atoms with Crippen LogP contribution in [0, 0.1) is 0 Å². The van der Waals surface area contributed by atoms with E-state index >= 15 is 0 Å². The van der Waals surface area contributed by atoms with Crippen LogP contribution in [-0.4, -0.2) is 26.1 Å². The molecule has 3 N–H and O–H groups in total. The maximum atomic E-state index is 12.4. The fourth-order valence-corrected chi connectivity index (χ4v) is 3.47. The van der Waals surface area contributed by atoms with Crippen LogP contribution in [0.3, 0.4) is 0 Å². The van der Waals surface area contributed by atoms with Crippen LogP contribution >= 0.6 is 0 Å². The molecule has 22 heavy (non-hydrogen) atoms. The van der Waals surface area contributed by atoms with Gasteiger partial charge in [0, 0.05) is 6.26 Å². The van der Waals surface area contributed by atoms with Crippen molar-refractivity contribution >= 4 is 15.7 Å². The SMILES string of the molecule is CC(NC(=O)C1(N)CCCCC1)c1ccc(S(C)(=O)=O)cc1. The molecule has 1 saturated carbocycles. The predicted molar refractivity (Wildman–Crippen MR) is 86.1 cm³/mol. The molecule has 1 aliphatic carbocycles. The Bertz CT molecular complexity index is 632. The van der Waals surface area contributed by atoms with Crippen molar-refractivity contribution in [3.63, 3.8) is 0 Å². The minimum absolute atomic E-state index is 0.119. The summed E-state index contributed by atoms with van der Waals surface area (Å²) >= 11 is 0. The van der Waals surface area contributed by atoms with Gasteiger partial charge in [0.1, 0.15) is 0 Å². The molecule has 0 saturated heterocycles. The maximum Gasteiger partial charge on any atom is 0.240 e. The first-order chi connectivity index (χ1) is 10.2.